The summed E-state index contributed by atoms with van der Waals surface area (Å²) in [6, 6.07) is 13.8. The lowest BCUT2D eigenvalue weighted by molar-refractivity contribution is -0.111. The van der Waals surface area contributed by atoms with E-state index in [2.05, 4.69) is 48.2 Å². The van der Waals surface area contributed by atoms with Gasteiger partial charge in [-0.25, -0.2) is 4.98 Å². The lowest BCUT2D eigenvalue weighted by atomic mass is 9.87. The maximum atomic E-state index is 12.1. The fourth-order valence-corrected chi connectivity index (χ4v) is 2.46. The van der Waals surface area contributed by atoms with Gasteiger partial charge in [0, 0.05) is 11.8 Å². The van der Waals surface area contributed by atoms with Gasteiger partial charge in [0.05, 0.1) is 17.4 Å². The summed E-state index contributed by atoms with van der Waals surface area (Å²) in [6.07, 6.45) is 5.00. The number of carbonyl (C=O) groups is 1. The number of anilines is 1. The van der Waals surface area contributed by atoms with Gasteiger partial charge in [0.15, 0.2) is 0 Å². The summed E-state index contributed by atoms with van der Waals surface area (Å²) in [5.41, 5.74) is 4.92. The van der Waals surface area contributed by atoms with Crippen molar-refractivity contribution in [2.45, 2.75) is 26.2 Å². The van der Waals surface area contributed by atoms with Crippen LogP contribution in [0, 0.1) is 0 Å². The predicted molar refractivity (Wildman–Crippen MR) is 98.9 cm³/mol. The first-order chi connectivity index (χ1) is 11.4. The lowest BCUT2D eigenvalue weighted by Gasteiger charge is -2.18. The maximum absolute atomic E-state index is 12.1. The number of aromatic amines is 1. The minimum absolute atomic E-state index is 0.130. The molecule has 0 atom stereocenters. The van der Waals surface area contributed by atoms with E-state index >= 15 is 0 Å². The number of aromatic nitrogens is 2. The van der Waals surface area contributed by atoms with Gasteiger partial charge >= 0.3 is 0 Å². The summed E-state index contributed by atoms with van der Waals surface area (Å²) in [5.74, 6) is -0.159. The molecule has 0 spiro atoms. The van der Waals surface area contributed by atoms with E-state index < -0.39 is 0 Å². The minimum atomic E-state index is -0.159. The van der Waals surface area contributed by atoms with Crippen LogP contribution < -0.4 is 5.32 Å². The van der Waals surface area contributed by atoms with Crippen molar-refractivity contribution in [2.24, 2.45) is 0 Å². The summed E-state index contributed by atoms with van der Waals surface area (Å²) in [4.78, 5) is 19.2. The Morgan fingerprint density at radius 2 is 1.88 bits per heavy atom. The van der Waals surface area contributed by atoms with E-state index in [0.717, 1.165) is 22.3 Å². The molecule has 0 unspecified atom stereocenters. The second kappa shape index (κ2) is 6.32. The van der Waals surface area contributed by atoms with Crippen LogP contribution >= 0.6 is 0 Å². The van der Waals surface area contributed by atoms with Crippen LogP contribution in [0.3, 0.4) is 0 Å². The van der Waals surface area contributed by atoms with Crippen LogP contribution in [0.15, 0.2) is 54.9 Å². The van der Waals surface area contributed by atoms with E-state index in [9.17, 15) is 4.79 Å². The summed E-state index contributed by atoms with van der Waals surface area (Å²) >= 11 is 0. The number of imidazole rings is 1. The number of H-pyrrole nitrogens is 1. The molecular weight excluding hydrogens is 298 g/mol. The minimum Gasteiger partial charge on any atom is -0.345 e. The van der Waals surface area contributed by atoms with Gasteiger partial charge in [-0.15, -0.1) is 0 Å². The van der Waals surface area contributed by atoms with Crippen molar-refractivity contribution in [3.63, 3.8) is 0 Å². The molecule has 3 rings (SSSR count). The number of amides is 1. The smallest absolute Gasteiger partial charge is 0.248 e. The molecule has 3 aromatic rings. The summed E-state index contributed by atoms with van der Waals surface area (Å²) in [7, 11) is 0. The SMILES string of the molecule is CC(C)(C)c1ccc(C=CC(=O)Nc2ccc3nc[nH]c3c2)cc1. The topological polar surface area (TPSA) is 57.8 Å². The molecule has 0 saturated carbocycles. The molecular formula is C20H21N3O. The second-order valence-corrected chi connectivity index (χ2v) is 6.83. The third-order valence-electron chi connectivity index (χ3n) is 3.89. The molecule has 0 radical (unpaired) electrons. The van der Waals surface area contributed by atoms with Crippen LogP contribution in [0.4, 0.5) is 5.69 Å². The molecule has 0 aliphatic rings. The summed E-state index contributed by atoms with van der Waals surface area (Å²) < 4.78 is 0. The lowest BCUT2D eigenvalue weighted by Crippen LogP contribution is -2.10. The Bertz CT molecular complexity index is 883. The van der Waals surface area contributed by atoms with Gasteiger partial charge in [0.2, 0.25) is 5.91 Å². The van der Waals surface area contributed by atoms with E-state index in [0.29, 0.717) is 0 Å². The fourth-order valence-electron chi connectivity index (χ4n) is 2.46. The van der Waals surface area contributed by atoms with Crippen molar-refractivity contribution in [3.05, 3.63) is 66.0 Å². The zero-order chi connectivity index (χ0) is 17.2. The Hall–Kier alpha value is -2.88. The Kier molecular flexibility index (Phi) is 4.21. The maximum Gasteiger partial charge on any atom is 0.248 e. The first-order valence-corrected chi connectivity index (χ1v) is 7.94. The first kappa shape index (κ1) is 16.0. The molecule has 0 aliphatic carbocycles. The number of rotatable bonds is 3. The number of hydrogen-bond acceptors (Lipinski definition) is 2. The van der Waals surface area contributed by atoms with Crippen molar-refractivity contribution in [2.75, 3.05) is 5.32 Å². The molecule has 1 heterocycles. The predicted octanol–water partition coefficient (Wildman–Crippen LogP) is 4.51. The average Bonchev–Trinajstić information content (AvgIpc) is 3.00. The van der Waals surface area contributed by atoms with Crippen LogP contribution in [0.1, 0.15) is 31.9 Å². The first-order valence-electron chi connectivity index (χ1n) is 7.94. The molecule has 0 aliphatic heterocycles. The van der Waals surface area contributed by atoms with Crippen LogP contribution in [0.5, 0.6) is 0 Å². The van der Waals surface area contributed by atoms with E-state index in [1.54, 1.807) is 12.4 Å². The molecule has 0 bridgehead atoms. The molecule has 4 heteroatoms. The number of nitrogens with one attached hydrogen (secondary N) is 2. The van der Waals surface area contributed by atoms with Crippen LogP contribution in [-0.4, -0.2) is 15.9 Å². The quantitative estimate of drug-likeness (QED) is 0.698. The molecule has 1 aromatic heterocycles. The van der Waals surface area contributed by atoms with E-state index in [4.69, 9.17) is 0 Å². The summed E-state index contributed by atoms with van der Waals surface area (Å²) in [6.45, 7) is 6.55. The van der Waals surface area contributed by atoms with Crippen LogP contribution in [0.25, 0.3) is 17.1 Å². The molecule has 24 heavy (non-hydrogen) atoms. The Morgan fingerprint density at radius 3 is 2.58 bits per heavy atom. The Morgan fingerprint density at radius 1 is 1.12 bits per heavy atom. The van der Waals surface area contributed by atoms with Gasteiger partial charge in [0.25, 0.3) is 0 Å². The molecule has 0 fully saturated rings. The third kappa shape index (κ3) is 3.71. The van der Waals surface area contributed by atoms with Gasteiger partial charge in [0.1, 0.15) is 0 Å². The highest BCUT2D eigenvalue weighted by molar-refractivity contribution is 6.02. The van der Waals surface area contributed by atoms with Gasteiger partial charge < -0.3 is 10.3 Å². The van der Waals surface area contributed by atoms with E-state index in [1.807, 2.05) is 36.4 Å². The Labute approximate surface area is 141 Å². The number of fused-ring (bicyclic) bond motifs is 1. The fraction of sp³-hybridized carbons (Fsp3) is 0.200. The number of hydrogen-bond donors (Lipinski definition) is 2. The van der Waals surface area contributed by atoms with Crippen molar-refractivity contribution in [3.8, 4) is 0 Å². The van der Waals surface area contributed by atoms with E-state index in [1.165, 1.54) is 5.56 Å². The molecule has 1 amide bonds. The molecule has 2 aromatic carbocycles. The van der Waals surface area contributed by atoms with Crippen molar-refractivity contribution >= 4 is 28.7 Å². The average molecular weight is 319 g/mol. The normalized spacial score (nSPS) is 12.0. The Balaban J connectivity index is 1.66. The number of benzene rings is 2. The summed E-state index contributed by atoms with van der Waals surface area (Å²) in [5, 5.41) is 2.86. The molecule has 122 valence electrons. The van der Waals surface area contributed by atoms with Crippen molar-refractivity contribution < 1.29 is 4.79 Å². The molecule has 4 nitrogen and oxygen atoms in total. The number of carbonyl (C=O) groups excluding carboxylic acids is 1. The molecule has 0 saturated heterocycles. The standard InChI is InChI=1S/C20H21N3O/c1-20(2,3)15-7-4-14(5-8-15)6-11-19(24)23-16-9-10-17-18(12-16)22-13-21-17/h4-13H,1-3H3,(H,21,22)(H,23,24). The van der Waals surface area contributed by atoms with Crippen LogP contribution in [0.2, 0.25) is 0 Å². The van der Waals surface area contributed by atoms with Gasteiger partial charge in [-0.2, -0.15) is 0 Å². The zero-order valence-electron chi connectivity index (χ0n) is 14.1. The molecule has 2 N–H and O–H groups in total. The largest absolute Gasteiger partial charge is 0.345 e. The van der Waals surface area contributed by atoms with Gasteiger partial charge in [-0.05, 0) is 40.8 Å². The van der Waals surface area contributed by atoms with Crippen molar-refractivity contribution in [1.29, 1.82) is 0 Å². The van der Waals surface area contributed by atoms with Crippen molar-refractivity contribution in [1.82, 2.24) is 9.97 Å². The van der Waals surface area contributed by atoms with Crippen LogP contribution in [-0.2, 0) is 10.2 Å². The second-order valence-electron chi connectivity index (χ2n) is 6.83. The van der Waals surface area contributed by atoms with Gasteiger partial charge in [-0.1, -0.05) is 45.0 Å². The third-order valence-corrected chi connectivity index (χ3v) is 3.89. The number of nitrogens with zero attached hydrogens (tertiary/aromatic N) is 1. The van der Waals surface area contributed by atoms with Gasteiger partial charge in [-0.3, -0.25) is 4.79 Å². The highest BCUT2D eigenvalue weighted by Crippen LogP contribution is 2.22. The zero-order valence-corrected chi connectivity index (χ0v) is 14.1. The monoisotopic (exact) mass is 319 g/mol. The van der Waals surface area contributed by atoms with E-state index in [-0.39, 0.29) is 11.3 Å². The highest BCUT2D eigenvalue weighted by Gasteiger charge is 2.12. The highest BCUT2D eigenvalue weighted by atomic mass is 16.1.